The van der Waals surface area contributed by atoms with E-state index in [1.54, 1.807) is 24.3 Å². The van der Waals surface area contributed by atoms with Gasteiger partial charge in [-0.2, -0.15) is 0 Å². The van der Waals surface area contributed by atoms with E-state index in [9.17, 15) is 9.59 Å². The number of hydrogen-bond donors (Lipinski definition) is 0. The first-order chi connectivity index (χ1) is 14.6. The van der Waals surface area contributed by atoms with E-state index in [1.165, 1.54) is 4.90 Å². The minimum atomic E-state index is -0.337. The zero-order chi connectivity index (χ0) is 21.1. The van der Waals surface area contributed by atoms with Gasteiger partial charge in [-0.05, 0) is 55.5 Å². The Kier molecular flexibility index (Phi) is 6.09. The van der Waals surface area contributed by atoms with Crippen molar-refractivity contribution in [2.24, 2.45) is 0 Å². The Hall–Kier alpha value is -2.79. The highest BCUT2D eigenvalue weighted by Gasteiger charge is 2.43. The molecule has 30 heavy (non-hydrogen) atoms. The molecule has 1 saturated heterocycles. The number of amides is 2. The van der Waals surface area contributed by atoms with Crippen LogP contribution in [0.5, 0.6) is 5.75 Å². The third-order valence-electron chi connectivity index (χ3n) is 5.44. The van der Waals surface area contributed by atoms with Crippen LogP contribution in [-0.4, -0.2) is 36.4 Å². The molecule has 2 aliphatic rings. The fourth-order valence-electron chi connectivity index (χ4n) is 3.98. The van der Waals surface area contributed by atoms with Crippen molar-refractivity contribution in [3.05, 3.63) is 64.8 Å². The highest BCUT2D eigenvalue weighted by atomic mass is 35.5. The van der Waals surface area contributed by atoms with Crippen molar-refractivity contribution in [3.8, 4) is 5.75 Å². The summed E-state index contributed by atoms with van der Waals surface area (Å²) in [5, 5.41) is 0.377. The first-order valence-electron chi connectivity index (χ1n) is 10.5. The smallest absolute Gasteiger partial charge is 0.282 e. The van der Waals surface area contributed by atoms with Gasteiger partial charge in [-0.15, -0.1) is 0 Å². The Morgan fingerprint density at radius 3 is 2.30 bits per heavy atom. The van der Waals surface area contributed by atoms with Crippen molar-refractivity contribution in [1.82, 2.24) is 4.90 Å². The number of ether oxygens (including phenoxy) is 1. The summed E-state index contributed by atoms with van der Waals surface area (Å²) in [5.41, 5.74) is 2.04. The first kappa shape index (κ1) is 20.5. The molecule has 4 rings (SSSR count). The number of hydrogen-bond acceptors (Lipinski definition) is 4. The summed E-state index contributed by atoms with van der Waals surface area (Å²) in [6.45, 7) is 4.23. The lowest BCUT2D eigenvalue weighted by Crippen LogP contribution is -2.37. The van der Waals surface area contributed by atoms with Crippen LogP contribution in [0, 0.1) is 0 Å². The van der Waals surface area contributed by atoms with Crippen LogP contribution in [0.25, 0.3) is 5.57 Å². The number of nitrogens with zero attached hydrogens (tertiary/aromatic N) is 2. The number of imide groups is 1. The van der Waals surface area contributed by atoms with Crippen molar-refractivity contribution in [2.45, 2.75) is 32.6 Å². The van der Waals surface area contributed by atoms with Crippen LogP contribution in [0.2, 0.25) is 5.02 Å². The number of carbonyl (C=O) groups excluding carboxylic acids is 2. The molecular weight excluding hydrogens is 400 g/mol. The lowest BCUT2D eigenvalue weighted by molar-refractivity contribution is -0.120. The number of benzene rings is 2. The molecule has 0 aliphatic carbocycles. The van der Waals surface area contributed by atoms with Gasteiger partial charge in [0.15, 0.2) is 0 Å². The molecule has 5 nitrogen and oxygen atoms in total. The van der Waals surface area contributed by atoms with Crippen LogP contribution in [0.15, 0.2) is 54.2 Å². The third kappa shape index (κ3) is 3.82. The molecule has 2 aromatic rings. The van der Waals surface area contributed by atoms with Gasteiger partial charge in [0, 0.05) is 13.1 Å². The molecule has 2 aromatic carbocycles. The fraction of sp³-hybridized carbons (Fsp3) is 0.333. The zero-order valence-corrected chi connectivity index (χ0v) is 17.8. The van der Waals surface area contributed by atoms with E-state index in [0.717, 1.165) is 44.5 Å². The second-order valence-electron chi connectivity index (χ2n) is 7.54. The normalized spacial score (nSPS) is 17.1. The number of rotatable bonds is 6. The van der Waals surface area contributed by atoms with E-state index < -0.39 is 0 Å². The lowest BCUT2D eigenvalue weighted by atomic mass is 10.0. The minimum Gasteiger partial charge on any atom is -0.494 e. The van der Waals surface area contributed by atoms with E-state index in [2.05, 4.69) is 11.8 Å². The summed E-state index contributed by atoms with van der Waals surface area (Å²) in [4.78, 5) is 30.3. The summed E-state index contributed by atoms with van der Waals surface area (Å²) >= 11 is 6.34. The summed E-state index contributed by atoms with van der Waals surface area (Å²) < 4.78 is 5.66. The molecule has 0 N–H and O–H groups in total. The number of carbonyl (C=O) groups is 2. The number of likely N-dealkylation sites (tertiary alicyclic amines) is 1. The molecule has 0 saturated carbocycles. The van der Waals surface area contributed by atoms with Gasteiger partial charge >= 0.3 is 0 Å². The molecule has 0 spiro atoms. The quantitative estimate of drug-likeness (QED) is 0.619. The number of para-hydroxylation sites is 1. The van der Waals surface area contributed by atoms with Crippen LogP contribution < -0.4 is 9.64 Å². The van der Waals surface area contributed by atoms with Crippen LogP contribution in [0.3, 0.4) is 0 Å². The second kappa shape index (κ2) is 8.92. The van der Waals surface area contributed by atoms with E-state index in [4.69, 9.17) is 16.3 Å². The van der Waals surface area contributed by atoms with Crippen molar-refractivity contribution in [3.63, 3.8) is 0 Å². The fourth-order valence-corrected chi connectivity index (χ4v) is 4.20. The predicted molar refractivity (Wildman–Crippen MR) is 119 cm³/mol. The highest BCUT2D eigenvalue weighted by molar-refractivity contribution is 6.47. The molecule has 0 bridgehead atoms. The third-order valence-corrected chi connectivity index (χ3v) is 5.76. The summed E-state index contributed by atoms with van der Waals surface area (Å²) in [7, 11) is 0. The SMILES string of the molecule is CCCOc1ccc(C2=C(N3CCCCC3)C(=O)N(c3ccccc3Cl)C2=O)cc1. The van der Waals surface area contributed by atoms with Crippen molar-refractivity contribution in [1.29, 1.82) is 0 Å². The summed E-state index contributed by atoms with van der Waals surface area (Å²) in [6, 6.07) is 14.4. The van der Waals surface area contributed by atoms with Gasteiger partial charge in [-0.3, -0.25) is 9.59 Å². The van der Waals surface area contributed by atoms with E-state index in [1.807, 2.05) is 24.3 Å². The largest absolute Gasteiger partial charge is 0.494 e. The summed E-state index contributed by atoms with van der Waals surface area (Å²) in [6.07, 6.45) is 4.08. The molecule has 0 radical (unpaired) electrons. The molecule has 2 heterocycles. The molecule has 2 aliphatic heterocycles. The van der Waals surface area contributed by atoms with Crippen molar-refractivity contribution < 1.29 is 14.3 Å². The highest BCUT2D eigenvalue weighted by Crippen LogP contribution is 2.38. The molecular formula is C24H25ClN2O3. The molecule has 0 atom stereocenters. The Bertz CT molecular complexity index is 978. The van der Waals surface area contributed by atoms with Gasteiger partial charge in [0.2, 0.25) is 0 Å². The molecule has 0 unspecified atom stereocenters. The minimum absolute atomic E-state index is 0.309. The average Bonchev–Trinajstić information content (AvgIpc) is 3.04. The van der Waals surface area contributed by atoms with Gasteiger partial charge in [0.1, 0.15) is 11.4 Å². The Balaban J connectivity index is 1.76. The Morgan fingerprint density at radius 1 is 0.933 bits per heavy atom. The van der Waals surface area contributed by atoms with Crippen molar-refractivity contribution in [2.75, 3.05) is 24.6 Å². The van der Waals surface area contributed by atoms with Gasteiger partial charge < -0.3 is 9.64 Å². The van der Waals surface area contributed by atoms with Crippen LogP contribution >= 0.6 is 11.6 Å². The van der Waals surface area contributed by atoms with Crippen LogP contribution in [0.4, 0.5) is 5.69 Å². The maximum absolute atomic E-state index is 13.5. The van der Waals surface area contributed by atoms with Crippen molar-refractivity contribution >= 4 is 34.7 Å². The molecule has 6 heteroatoms. The number of anilines is 1. The topological polar surface area (TPSA) is 49.9 Å². The maximum atomic E-state index is 13.5. The molecule has 2 amide bonds. The first-order valence-corrected chi connectivity index (χ1v) is 10.9. The lowest BCUT2D eigenvalue weighted by Gasteiger charge is -2.29. The monoisotopic (exact) mass is 424 g/mol. The molecule has 156 valence electrons. The van der Waals surface area contributed by atoms with E-state index in [-0.39, 0.29) is 11.8 Å². The Labute approximate surface area is 181 Å². The van der Waals surface area contributed by atoms with Gasteiger partial charge in [-0.25, -0.2) is 4.90 Å². The average molecular weight is 425 g/mol. The van der Waals surface area contributed by atoms with Gasteiger partial charge in [0.05, 0.1) is 22.9 Å². The van der Waals surface area contributed by atoms with Gasteiger partial charge in [0.25, 0.3) is 11.8 Å². The van der Waals surface area contributed by atoms with E-state index >= 15 is 0 Å². The maximum Gasteiger partial charge on any atom is 0.282 e. The summed E-state index contributed by atoms with van der Waals surface area (Å²) in [5.74, 6) is 0.104. The standard InChI is InChI=1S/C24H25ClN2O3/c1-2-16-30-18-12-10-17(11-13-18)21-22(26-14-6-3-7-15-26)24(29)27(23(21)28)20-9-5-4-8-19(20)25/h4-5,8-13H,2-3,6-7,14-16H2,1H3. The van der Waals surface area contributed by atoms with Gasteiger partial charge in [-0.1, -0.05) is 42.8 Å². The Morgan fingerprint density at radius 2 is 1.63 bits per heavy atom. The van der Waals surface area contributed by atoms with Crippen LogP contribution in [-0.2, 0) is 9.59 Å². The number of halogens is 1. The van der Waals surface area contributed by atoms with Crippen LogP contribution in [0.1, 0.15) is 38.2 Å². The van der Waals surface area contributed by atoms with E-state index in [0.29, 0.717) is 34.2 Å². The second-order valence-corrected chi connectivity index (χ2v) is 7.95. The number of piperidine rings is 1. The molecule has 1 fully saturated rings. The zero-order valence-electron chi connectivity index (χ0n) is 17.1. The molecule has 0 aromatic heterocycles. The predicted octanol–water partition coefficient (Wildman–Crippen LogP) is 4.90.